The Bertz CT molecular complexity index is 119. The molecule has 1 heterocycles. The smallest absolute Gasteiger partial charge is 0.0704 e. The molecule has 0 amide bonds. The molecule has 0 radical (unpaired) electrons. The van der Waals surface area contributed by atoms with Crippen molar-refractivity contribution in [1.82, 2.24) is 5.32 Å². The lowest BCUT2D eigenvalue weighted by atomic mass is 10.0. The van der Waals surface area contributed by atoms with Gasteiger partial charge in [-0.25, -0.2) is 0 Å². The van der Waals surface area contributed by atoms with Crippen LogP contribution in [0.1, 0.15) is 19.8 Å². The van der Waals surface area contributed by atoms with Gasteiger partial charge < -0.3 is 14.8 Å². The largest absolute Gasteiger partial charge is 0.382 e. The molecule has 0 saturated carbocycles. The highest BCUT2D eigenvalue weighted by Crippen LogP contribution is 2.11. The van der Waals surface area contributed by atoms with E-state index < -0.39 is 0 Å². The standard InChI is InChI=1S/C9H19NO2/c1-8-7-9(3-4-10-8)12-6-5-11-2/h8-10H,3-7H2,1-2H3. The first-order valence-electron chi connectivity index (χ1n) is 4.67. The van der Waals surface area contributed by atoms with E-state index in [0.29, 0.717) is 18.8 Å². The number of hydrogen-bond acceptors (Lipinski definition) is 3. The zero-order valence-corrected chi connectivity index (χ0v) is 8.01. The van der Waals surface area contributed by atoms with Crippen molar-refractivity contribution in [1.29, 1.82) is 0 Å². The molecular formula is C9H19NO2. The lowest BCUT2D eigenvalue weighted by Gasteiger charge is -2.27. The van der Waals surface area contributed by atoms with Gasteiger partial charge in [-0.3, -0.25) is 0 Å². The van der Waals surface area contributed by atoms with E-state index in [2.05, 4.69) is 12.2 Å². The van der Waals surface area contributed by atoms with Crippen LogP contribution in [-0.4, -0.2) is 39.0 Å². The first kappa shape index (κ1) is 9.96. The van der Waals surface area contributed by atoms with Crippen molar-refractivity contribution in [2.24, 2.45) is 0 Å². The minimum absolute atomic E-state index is 0.441. The van der Waals surface area contributed by atoms with Crippen LogP contribution in [-0.2, 0) is 9.47 Å². The summed E-state index contributed by atoms with van der Waals surface area (Å²) < 4.78 is 10.5. The van der Waals surface area contributed by atoms with Crippen LogP contribution in [0.3, 0.4) is 0 Å². The summed E-state index contributed by atoms with van der Waals surface area (Å²) in [6.45, 7) is 4.72. The van der Waals surface area contributed by atoms with E-state index in [-0.39, 0.29) is 0 Å². The number of rotatable bonds is 4. The van der Waals surface area contributed by atoms with E-state index >= 15 is 0 Å². The maximum atomic E-state index is 5.63. The van der Waals surface area contributed by atoms with Gasteiger partial charge in [-0.2, -0.15) is 0 Å². The summed E-state index contributed by atoms with van der Waals surface area (Å²) in [4.78, 5) is 0. The van der Waals surface area contributed by atoms with E-state index in [1.807, 2.05) is 0 Å². The lowest BCUT2D eigenvalue weighted by molar-refractivity contribution is -0.00327. The lowest BCUT2D eigenvalue weighted by Crippen LogP contribution is -2.39. The third-order valence-corrected chi connectivity index (χ3v) is 2.22. The normalized spacial score (nSPS) is 30.5. The molecule has 72 valence electrons. The Kier molecular flexibility index (Phi) is 4.58. The van der Waals surface area contributed by atoms with Gasteiger partial charge in [0.05, 0.1) is 19.3 Å². The zero-order valence-electron chi connectivity index (χ0n) is 8.01. The minimum atomic E-state index is 0.441. The first-order valence-corrected chi connectivity index (χ1v) is 4.67. The molecule has 0 bridgehead atoms. The van der Waals surface area contributed by atoms with Crippen molar-refractivity contribution >= 4 is 0 Å². The fraction of sp³-hybridized carbons (Fsp3) is 1.00. The summed E-state index contributed by atoms with van der Waals surface area (Å²) in [5.74, 6) is 0. The van der Waals surface area contributed by atoms with Gasteiger partial charge in [0, 0.05) is 13.2 Å². The van der Waals surface area contributed by atoms with Crippen LogP contribution in [0.25, 0.3) is 0 Å². The van der Waals surface area contributed by atoms with E-state index in [4.69, 9.17) is 9.47 Å². The highest BCUT2D eigenvalue weighted by Gasteiger charge is 2.17. The number of nitrogens with one attached hydrogen (secondary N) is 1. The monoisotopic (exact) mass is 173 g/mol. The Morgan fingerprint density at radius 2 is 2.25 bits per heavy atom. The highest BCUT2D eigenvalue weighted by molar-refractivity contribution is 4.75. The van der Waals surface area contributed by atoms with Crippen LogP contribution in [0.2, 0.25) is 0 Å². The van der Waals surface area contributed by atoms with Gasteiger partial charge in [-0.15, -0.1) is 0 Å². The Morgan fingerprint density at radius 1 is 1.42 bits per heavy atom. The quantitative estimate of drug-likeness (QED) is 0.638. The van der Waals surface area contributed by atoms with Crippen molar-refractivity contribution < 1.29 is 9.47 Å². The molecule has 1 fully saturated rings. The average molecular weight is 173 g/mol. The molecule has 0 spiro atoms. The molecule has 3 heteroatoms. The summed E-state index contributed by atoms with van der Waals surface area (Å²) in [6.07, 6.45) is 2.70. The maximum absolute atomic E-state index is 5.63. The Hall–Kier alpha value is -0.120. The fourth-order valence-electron chi connectivity index (χ4n) is 1.54. The Morgan fingerprint density at radius 3 is 2.92 bits per heavy atom. The SMILES string of the molecule is COCCOC1CCNC(C)C1. The average Bonchev–Trinajstić information content (AvgIpc) is 2.05. The topological polar surface area (TPSA) is 30.5 Å². The van der Waals surface area contributed by atoms with Gasteiger partial charge in [-0.1, -0.05) is 0 Å². The van der Waals surface area contributed by atoms with Gasteiger partial charge in [0.15, 0.2) is 0 Å². The molecule has 1 rings (SSSR count). The van der Waals surface area contributed by atoms with Crippen molar-refractivity contribution in [3.05, 3.63) is 0 Å². The molecule has 0 aliphatic carbocycles. The predicted octanol–water partition coefficient (Wildman–Crippen LogP) is 0.790. The molecule has 1 aliphatic heterocycles. The maximum Gasteiger partial charge on any atom is 0.0704 e. The molecule has 1 N–H and O–H groups in total. The molecule has 2 unspecified atom stereocenters. The van der Waals surface area contributed by atoms with Crippen LogP contribution in [0.15, 0.2) is 0 Å². The Balaban J connectivity index is 2.06. The van der Waals surface area contributed by atoms with E-state index in [0.717, 1.165) is 26.0 Å². The molecule has 2 atom stereocenters. The molecule has 1 aliphatic rings. The summed E-state index contributed by atoms with van der Waals surface area (Å²) >= 11 is 0. The van der Waals surface area contributed by atoms with Crippen LogP contribution >= 0.6 is 0 Å². The highest BCUT2D eigenvalue weighted by atomic mass is 16.5. The number of piperidine rings is 1. The minimum Gasteiger partial charge on any atom is -0.382 e. The van der Waals surface area contributed by atoms with Crippen molar-refractivity contribution in [2.75, 3.05) is 26.9 Å². The van der Waals surface area contributed by atoms with Gasteiger partial charge in [0.1, 0.15) is 0 Å². The third kappa shape index (κ3) is 3.52. The van der Waals surface area contributed by atoms with Crippen LogP contribution < -0.4 is 5.32 Å². The van der Waals surface area contributed by atoms with Crippen molar-refractivity contribution in [3.63, 3.8) is 0 Å². The zero-order chi connectivity index (χ0) is 8.81. The molecule has 0 aromatic heterocycles. The second-order valence-corrected chi connectivity index (χ2v) is 3.37. The summed E-state index contributed by atoms with van der Waals surface area (Å²) in [5.41, 5.74) is 0. The van der Waals surface area contributed by atoms with Crippen LogP contribution in [0.5, 0.6) is 0 Å². The van der Waals surface area contributed by atoms with Gasteiger partial charge in [0.25, 0.3) is 0 Å². The third-order valence-electron chi connectivity index (χ3n) is 2.22. The van der Waals surface area contributed by atoms with Crippen LogP contribution in [0.4, 0.5) is 0 Å². The predicted molar refractivity (Wildman–Crippen MR) is 48.3 cm³/mol. The van der Waals surface area contributed by atoms with E-state index in [1.165, 1.54) is 0 Å². The van der Waals surface area contributed by atoms with E-state index in [9.17, 15) is 0 Å². The second-order valence-electron chi connectivity index (χ2n) is 3.37. The summed E-state index contributed by atoms with van der Waals surface area (Å²) in [7, 11) is 1.70. The fourth-order valence-corrected chi connectivity index (χ4v) is 1.54. The van der Waals surface area contributed by atoms with Gasteiger partial charge in [0.2, 0.25) is 0 Å². The first-order chi connectivity index (χ1) is 5.83. The molecule has 3 nitrogen and oxygen atoms in total. The number of ether oxygens (including phenoxy) is 2. The summed E-state index contributed by atoms with van der Waals surface area (Å²) in [6, 6.07) is 0.603. The molecule has 0 aromatic carbocycles. The second kappa shape index (κ2) is 5.51. The molecule has 0 aromatic rings. The van der Waals surface area contributed by atoms with Crippen molar-refractivity contribution in [3.8, 4) is 0 Å². The number of methoxy groups -OCH3 is 1. The molecule has 1 saturated heterocycles. The van der Waals surface area contributed by atoms with Gasteiger partial charge in [-0.05, 0) is 26.3 Å². The van der Waals surface area contributed by atoms with E-state index in [1.54, 1.807) is 7.11 Å². The molecular weight excluding hydrogens is 154 g/mol. The van der Waals surface area contributed by atoms with Gasteiger partial charge >= 0.3 is 0 Å². The van der Waals surface area contributed by atoms with Crippen LogP contribution in [0, 0.1) is 0 Å². The molecule has 12 heavy (non-hydrogen) atoms. The summed E-state index contributed by atoms with van der Waals surface area (Å²) in [5, 5.41) is 3.39. The Labute approximate surface area is 74.4 Å². The van der Waals surface area contributed by atoms with Crippen molar-refractivity contribution in [2.45, 2.75) is 31.9 Å². The number of hydrogen-bond donors (Lipinski definition) is 1.